The summed E-state index contributed by atoms with van der Waals surface area (Å²) in [6.45, 7) is 1.37. The van der Waals surface area contributed by atoms with Crippen LogP contribution in [-0.4, -0.2) is 29.8 Å². The minimum absolute atomic E-state index is 0.136. The molecule has 0 saturated carbocycles. The van der Waals surface area contributed by atoms with E-state index < -0.39 is 23.5 Å². The number of methoxy groups -OCH3 is 1. The van der Waals surface area contributed by atoms with E-state index in [9.17, 15) is 19.5 Å². The number of aliphatic hydroxyl groups is 1. The van der Waals surface area contributed by atoms with Crippen molar-refractivity contribution in [3.05, 3.63) is 93.5 Å². The van der Waals surface area contributed by atoms with Gasteiger partial charge in [0.25, 0.3) is 11.7 Å². The smallest absolute Gasteiger partial charge is 0.300 e. The number of para-hydroxylation sites is 1. The van der Waals surface area contributed by atoms with E-state index in [2.05, 4.69) is 5.32 Å². The van der Waals surface area contributed by atoms with Crippen molar-refractivity contribution in [2.24, 2.45) is 0 Å². The summed E-state index contributed by atoms with van der Waals surface area (Å²) < 4.78 is 5.51. The van der Waals surface area contributed by atoms with Gasteiger partial charge in [-0.15, -0.1) is 0 Å². The van der Waals surface area contributed by atoms with E-state index >= 15 is 0 Å². The third-order valence-corrected chi connectivity index (χ3v) is 6.25. The zero-order valence-electron chi connectivity index (χ0n) is 18.7. The van der Waals surface area contributed by atoms with Gasteiger partial charge < -0.3 is 15.2 Å². The standard InChI is InChI=1S/C26H20Cl2N2O5/c1-14(31)29-16-6-5-7-17(13-16)30-23(18-8-3-4-9-21(18)35-2)22(25(33)26(30)34)24(32)15-10-11-19(27)20(28)12-15/h3-13,23,32H,1-2H3,(H,29,31)/b24-22+. The van der Waals surface area contributed by atoms with Crippen LogP contribution in [0.15, 0.2) is 72.3 Å². The molecule has 0 aromatic heterocycles. The highest BCUT2D eigenvalue weighted by molar-refractivity contribution is 6.52. The molecule has 1 aliphatic heterocycles. The number of hydrogen-bond donors (Lipinski definition) is 2. The number of carbonyl (C=O) groups excluding carboxylic acids is 3. The van der Waals surface area contributed by atoms with Crippen molar-refractivity contribution in [3.63, 3.8) is 0 Å². The molecule has 0 bridgehead atoms. The molecule has 1 heterocycles. The highest BCUT2D eigenvalue weighted by atomic mass is 35.5. The van der Waals surface area contributed by atoms with Crippen LogP contribution < -0.4 is 15.0 Å². The Morgan fingerprint density at radius 1 is 1.00 bits per heavy atom. The summed E-state index contributed by atoms with van der Waals surface area (Å²) >= 11 is 12.1. The van der Waals surface area contributed by atoms with Crippen LogP contribution in [0.25, 0.3) is 5.76 Å². The number of hydrogen-bond acceptors (Lipinski definition) is 5. The van der Waals surface area contributed by atoms with E-state index in [4.69, 9.17) is 27.9 Å². The van der Waals surface area contributed by atoms with Crippen LogP contribution in [0.5, 0.6) is 5.75 Å². The third-order valence-electron chi connectivity index (χ3n) is 5.52. The quantitative estimate of drug-likeness (QED) is 0.265. The molecule has 178 valence electrons. The summed E-state index contributed by atoms with van der Waals surface area (Å²) in [5, 5.41) is 14.4. The van der Waals surface area contributed by atoms with Crippen molar-refractivity contribution in [2.45, 2.75) is 13.0 Å². The number of ether oxygens (including phenoxy) is 1. The van der Waals surface area contributed by atoms with Crippen LogP contribution >= 0.6 is 23.2 Å². The monoisotopic (exact) mass is 510 g/mol. The molecular weight excluding hydrogens is 491 g/mol. The minimum atomic E-state index is -1.02. The van der Waals surface area contributed by atoms with Gasteiger partial charge in [0.2, 0.25) is 5.91 Å². The topological polar surface area (TPSA) is 95.9 Å². The summed E-state index contributed by atoms with van der Waals surface area (Å²) in [6.07, 6.45) is 0. The average Bonchev–Trinajstić information content (AvgIpc) is 3.10. The average molecular weight is 511 g/mol. The van der Waals surface area contributed by atoms with Crippen molar-refractivity contribution in [2.75, 3.05) is 17.3 Å². The highest BCUT2D eigenvalue weighted by Crippen LogP contribution is 2.45. The molecular formula is C26H20Cl2N2O5. The molecule has 1 aliphatic rings. The van der Waals surface area contributed by atoms with Gasteiger partial charge in [0.05, 0.1) is 28.8 Å². The molecule has 0 spiro atoms. The number of nitrogens with zero attached hydrogens (tertiary/aromatic N) is 1. The van der Waals surface area contributed by atoms with Crippen LogP contribution in [-0.2, 0) is 14.4 Å². The number of anilines is 2. The fourth-order valence-electron chi connectivity index (χ4n) is 4.02. The number of amides is 2. The lowest BCUT2D eigenvalue weighted by Crippen LogP contribution is -2.29. The summed E-state index contributed by atoms with van der Waals surface area (Å²) in [5.74, 6) is -2.00. The second-order valence-corrected chi connectivity index (χ2v) is 8.59. The van der Waals surface area contributed by atoms with E-state index in [1.165, 1.54) is 37.1 Å². The normalized spacial score (nSPS) is 16.9. The van der Waals surface area contributed by atoms with E-state index in [0.717, 1.165) is 0 Å². The molecule has 0 radical (unpaired) electrons. The lowest BCUT2D eigenvalue weighted by Gasteiger charge is -2.27. The first-order valence-electron chi connectivity index (χ1n) is 10.5. The largest absolute Gasteiger partial charge is 0.507 e. The number of benzene rings is 3. The number of aliphatic hydroxyl groups excluding tert-OH is 1. The molecule has 0 aliphatic carbocycles. The fraction of sp³-hybridized carbons (Fsp3) is 0.115. The Balaban J connectivity index is 1.97. The number of halogens is 2. The Hall–Kier alpha value is -3.81. The number of Topliss-reactive ketones (excluding diaryl/α,β-unsaturated/α-hetero) is 1. The van der Waals surface area contributed by atoms with Crippen molar-refractivity contribution in [1.82, 2.24) is 0 Å². The molecule has 4 rings (SSSR count). The molecule has 3 aromatic carbocycles. The van der Waals surface area contributed by atoms with Crippen LogP contribution in [0.3, 0.4) is 0 Å². The zero-order valence-corrected chi connectivity index (χ0v) is 20.2. The van der Waals surface area contributed by atoms with Gasteiger partial charge in [0, 0.05) is 29.4 Å². The molecule has 3 aromatic rings. The Morgan fingerprint density at radius 2 is 1.74 bits per heavy atom. The molecule has 1 fully saturated rings. The van der Waals surface area contributed by atoms with Crippen molar-refractivity contribution in [3.8, 4) is 5.75 Å². The predicted octanol–water partition coefficient (Wildman–Crippen LogP) is 5.59. The van der Waals surface area contributed by atoms with Crippen LogP contribution in [0.4, 0.5) is 11.4 Å². The van der Waals surface area contributed by atoms with Crippen molar-refractivity contribution >= 4 is 57.9 Å². The van der Waals surface area contributed by atoms with Crippen LogP contribution in [0.1, 0.15) is 24.1 Å². The Bertz CT molecular complexity index is 1390. The Labute approximate surface area is 211 Å². The van der Waals surface area contributed by atoms with E-state index in [1.807, 2.05) is 0 Å². The number of nitrogens with one attached hydrogen (secondary N) is 1. The molecule has 2 N–H and O–H groups in total. The maximum atomic E-state index is 13.3. The lowest BCUT2D eigenvalue weighted by molar-refractivity contribution is -0.132. The van der Waals surface area contributed by atoms with Gasteiger partial charge >= 0.3 is 0 Å². The highest BCUT2D eigenvalue weighted by Gasteiger charge is 2.48. The van der Waals surface area contributed by atoms with Gasteiger partial charge in [-0.1, -0.05) is 47.5 Å². The minimum Gasteiger partial charge on any atom is -0.507 e. The SMILES string of the molecule is COc1ccccc1C1/C(=C(\O)c2ccc(Cl)c(Cl)c2)C(=O)C(=O)N1c1cccc(NC(C)=O)c1. The maximum Gasteiger partial charge on any atom is 0.300 e. The summed E-state index contributed by atoms with van der Waals surface area (Å²) in [5.41, 5.74) is 1.37. The molecule has 1 unspecified atom stereocenters. The van der Waals surface area contributed by atoms with Gasteiger partial charge in [-0.05, 0) is 42.5 Å². The molecule has 2 amide bonds. The Morgan fingerprint density at radius 3 is 2.43 bits per heavy atom. The number of rotatable bonds is 5. The van der Waals surface area contributed by atoms with E-state index in [-0.39, 0.29) is 27.1 Å². The molecule has 7 nitrogen and oxygen atoms in total. The first kappa shape index (κ1) is 24.3. The van der Waals surface area contributed by atoms with Gasteiger partial charge in [-0.2, -0.15) is 0 Å². The summed E-state index contributed by atoms with van der Waals surface area (Å²) in [4.78, 5) is 39.5. The van der Waals surface area contributed by atoms with E-state index in [0.29, 0.717) is 22.7 Å². The van der Waals surface area contributed by atoms with Crippen molar-refractivity contribution in [1.29, 1.82) is 0 Å². The first-order valence-corrected chi connectivity index (χ1v) is 11.3. The first-order chi connectivity index (χ1) is 16.7. The molecule has 35 heavy (non-hydrogen) atoms. The van der Waals surface area contributed by atoms with Gasteiger partial charge in [-0.25, -0.2) is 0 Å². The second-order valence-electron chi connectivity index (χ2n) is 7.77. The fourth-order valence-corrected chi connectivity index (χ4v) is 4.32. The zero-order chi connectivity index (χ0) is 25.3. The molecule has 9 heteroatoms. The predicted molar refractivity (Wildman–Crippen MR) is 135 cm³/mol. The number of ketones is 1. The van der Waals surface area contributed by atoms with Gasteiger partial charge in [0.15, 0.2) is 0 Å². The van der Waals surface area contributed by atoms with Crippen LogP contribution in [0, 0.1) is 0 Å². The summed E-state index contributed by atoms with van der Waals surface area (Å²) in [6, 6.07) is 16.8. The van der Waals surface area contributed by atoms with Crippen molar-refractivity contribution < 1.29 is 24.2 Å². The van der Waals surface area contributed by atoms with Gasteiger partial charge in [0.1, 0.15) is 11.5 Å². The maximum absolute atomic E-state index is 13.3. The van der Waals surface area contributed by atoms with E-state index in [1.54, 1.807) is 48.5 Å². The van der Waals surface area contributed by atoms with Crippen LogP contribution in [0.2, 0.25) is 10.0 Å². The lowest BCUT2D eigenvalue weighted by atomic mass is 9.94. The second kappa shape index (κ2) is 9.82. The van der Waals surface area contributed by atoms with Gasteiger partial charge in [-0.3, -0.25) is 19.3 Å². The third kappa shape index (κ3) is 4.60. The molecule has 1 atom stereocenters. The number of carbonyl (C=O) groups is 3. The summed E-state index contributed by atoms with van der Waals surface area (Å²) in [7, 11) is 1.47. The Kier molecular flexibility index (Phi) is 6.82. The molecule has 1 saturated heterocycles.